The van der Waals surface area contributed by atoms with E-state index in [4.69, 9.17) is 1.23 Å². The van der Waals surface area contributed by atoms with Crippen molar-refractivity contribution in [1.29, 1.82) is 1.23 Å². The highest BCUT2D eigenvalue weighted by molar-refractivity contribution is 6.32. The van der Waals surface area contributed by atoms with Crippen LogP contribution in [0.25, 0.3) is 0 Å². The Labute approximate surface area is 47.8 Å². The highest BCUT2D eigenvalue weighted by atomic mass is 28.1. The van der Waals surface area contributed by atoms with Crippen molar-refractivity contribution in [2.24, 2.45) is 0 Å². The maximum absolute atomic E-state index is 7.08. The van der Waals surface area contributed by atoms with Gasteiger partial charge < -0.3 is 0 Å². The molecule has 0 nitrogen and oxygen atoms in total. The summed E-state index contributed by atoms with van der Waals surface area (Å²) in [6.07, 6.45) is 0. The molecular weight excluding hydrogens is 100 g/mol. The summed E-state index contributed by atoms with van der Waals surface area (Å²) in [6, 6.07) is 9.97. The summed E-state index contributed by atoms with van der Waals surface area (Å²) in [5, 5.41) is 1.22. The lowest BCUT2D eigenvalue weighted by atomic mass is 10.4. The smallest absolute Gasteiger partial charge is 0.0384 e. The van der Waals surface area contributed by atoms with Crippen molar-refractivity contribution in [1.82, 2.24) is 0 Å². The van der Waals surface area contributed by atoms with E-state index in [1.165, 1.54) is 5.19 Å². The first kappa shape index (κ1) is 3.44. The fourth-order valence-corrected chi connectivity index (χ4v) is 0.750. The van der Waals surface area contributed by atoms with Gasteiger partial charge in [-0.2, -0.15) is 0 Å². The molecular formula is C6H8Si. The van der Waals surface area contributed by atoms with Gasteiger partial charge in [-0.15, -0.1) is 0 Å². The van der Waals surface area contributed by atoms with Crippen molar-refractivity contribution in [2.75, 3.05) is 0 Å². The minimum Gasteiger partial charge on any atom is -0.0708 e. The van der Waals surface area contributed by atoms with Crippen LogP contribution in [-0.2, 0) is 0 Å². The van der Waals surface area contributed by atoms with Crippen molar-refractivity contribution < 1.29 is 0 Å². The molecule has 0 amide bonds. The molecule has 0 spiro atoms. The number of rotatable bonds is 1. The number of benzene rings is 1. The minimum atomic E-state index is -0.659. The zero-order chi connectivity index (χ0) is 5.82. The number of hydrogen-bond acceptors (Lipinski definition) is 0. The molecule has 1 aromatic rings. The summed E-state index contributed by atoms with van der Waals surface area (Å²) in [5.41, 5.74) is 0. The molecule has 0 aromatic heterocycles. The molecule has 1 heteroatoms. The fraction of sp³-hybridized carbons (Fsp3) is 0. The Morgan fingerprint density at radius 1 is 1.29 bits per heavy atom. The summed E-state index contributed by atoms with van der Waals surface area (Å²) in [7, 11) is -0.659. The van der Waals surface area contributed by atoms with Crippen LogP contribution < -0.4 is 5.19 Å². The Balaban J connectivity index is 2.83. The van der Waals surface area contributed by atoms with E-state index in [9.17, 15) is 0 Å². The predicted molar refractivity (Wildman–Crippen MR) is 36.0 cm³/mol. The maximum atomic E-state index is 7.08. The molecule has 1 rings (SSSR count). The second-order valence-corrected chi connectivity index (χ2v) is 2.30. The Morgan fingerprint density at radius 2 is 2.00 bits per heavy atom. The summed E-state index contributed by atoms with van der Waals surface area (Å²) >= 11 is 0. The zero-order valence-electron chi connectivity index (χ0n) is 5.09. The normalized spacial score (nSPS) is 12.3. The first-order valence-corrected chi connectivity index (χ1v) is 2.97. The average molecular weight is 109 g/mol. The summed E-state index contributed by atoms with van der Waals surface area (Å²) < 4.78 is 7.08. The van der Waals surface area contributed by atoms with E-state index >= 15 is 0 Å². The largest absolute Gasteiger partial charge is 0.0708 e. The van der Waals surface area contributed by atoms with Crippen molar-refractivity contribution in [3.63, 3.8) is 0 Å². The third-order valence-electron chi connectivity index (χ3n) is 0.843. The van der Waals surface area contributed by atoms with Crippen LogP contribution in [0, 0.1) is 0 Å². The van der Waals surface area contributed by atoms with Crippen LogP contribution in [0.1, 0.15) is 0 Å². The van der Waals surface area contributed by atoms with E-state index in [0.29, 0.717) is 0 Å². The van der Waals surface area contributed by atoms with Crippen LogP contribution in [0.2, 0.25) is 0 Å². The van der Waals surface area contributed by atoms with Crippen molar-refractivity contribution >= 4 is 15.4 Å². The SMILES string of the molecule is [2H][SiH2]c1ccccc1. The lowest BCUT2D eigenvalue weighted by molar-refractivity contribution is 1.78. The van der Waals surface area contributed by atoms with Gasteiger partial charge in [0.25, 0.3) is 0 Å². The second kappa shape index (κ2) is 1.94. The van der Waals surface area contributed by atoms with Crippen LogP contribution >= 0.6 is 0 Å². The molecule has 0 aliphatic rings. The van der Waals surface area contributed by atoms with Gasteiger partial charge in [0.15, 0.2) is 0 Å². The van der Waals surface area contributed by atoms with Gasteiger partial charge in [-0.3, -0.25) is 0 Å². The standard InChI is InChI=1S/C6H8Si/c7-6-4-2-1-3-5-6/h1-5H,7H3/i7D. The number of hydrogen-bond donors (Lipinski definition) is 0. The van der Waals surface area contributed by atoms with Crippen LogP contribution in [0.4, 0.5) is 0 Å². The quantitative estimate of drug-likeness (QED) is 0.433. The van der Waals surface area contributed by atoms with E-state index in [1.54, 1.807) is 0 Å². The third kappa shape index (κ3) is 1.16. The molecule has 0 saturated carbocycles. The van der Waals surface area contributed by atoms with Gasteiger partial charge in [0.2, 0.25) is 0 Å². The van der Waals surface area contributed by atoms with Crippen molar-refractivity contribution in [3.05, 3.63) is 30.3 Å². The summed E-state index contributed by atoms with van der Waals surface area (Å²) in [4.78, 5) is 0. The molecule has 0 N–H and O–H groups in total. The molecule has 0 heterocycles. The van der Waals surface area contributed by atoms with Crippen LogP contribution in [-0.4, -0.2) is 11.4 Å². The molecule has 0 fully saturated rings. The second-order valence-electron chi connectivity index (χ2n) is 1.49. The monoisotopic (exact) mass is 109 g/mol. The topological polar surface area (TPSA) is 0 Å². The summed E-state index contributed by atoms with van der Waals surface area (Å²) in [6.45, 7) is 0. The van der Waals surface area contributed by atoms with Gasteiger partial charge in [0, 0.05) is 11.4 Å². The Bertz CT molecular complexity index is 150. The van der Waals surface area contributed by atoms with E-state index in [2.05, 4.69) is 0 Å². The first-order valence-electron chi connectivity index (χ1n) is 2.97. The Kier molecular flexibility index (Phi) is 0.951. The van der Waals surface area contributed by atoms with E-state index < -0.39 is 10.2 Å². The van der Waals surface area contributed by atoms with Crippen LogP contribution in [0.15, 0.2) is 30.3 Å². The zero-order valence-corrected chi connectivity index (χ0v) is 5.51. The van der Waals surface area contributed by atoms with Crippen LogP contribution in [0.5, 0.6) is 0 Å². The molecule has 0 aliphatic heterocycles. The van der Waals surface area contributed by atoms with E-state index in [0.717, 1.165) is 0 Å². The fourth-order valence-electron chi connectivity index (χ4n) is 0.478. The Hall–Kier alpha value is -0.563. The average Bonchev–Trinajstić information content (AvgIpc) is 1.90. The molecule has 1 aromatic carbocycles. The van der Waals surface area contributed by atoms with Gasteiger partial charge >= 0.3 is 0 Å². The highest BCUT2D eigenvalue weighted by Crippen LogP contribution is 1.76. The third-order valence-corrected chi connectivity index (χ3v) is 1.31. The molecule has 0 bridgehead atoms. The van der Waals surface area contributed by atoms with Crippen molar-refractivity contribution in [3.8, 4) is 0 Å². The summed E-state index contributed by atoms with van der Waals surface area (Å²) in [5.74, 6) is 0. The van der Waals surface area contributed by atoms with E-state index in [1.807, 2.05) is 30.3 Å². The van der Waals surface area contributed by atoms with Gasteiger partial charge in [-0.05, 0) is 0 Å². The molecule has 0 unspecified atom stereocenters. The first-order chi connectivity index (χ1) is 3.93. The lowest BCUT2D eigenvalue weighted by Crippen LogP contribution is -1.97. The maximum Gasteiger partial charge on any atom is 0.0384 e. The molecule has 0 atom stereocenters. The molecule has 0 aliphatic carbocycles. The van der Waals surface area contributed by atoms with E-state index in [-0.39, 0.29) is 0 Å². The lowest BCUT2D eigenvalue weighted by Gasteiger charge is -1.82. The molecule has 36 valence electrons. The van der Waals surface area contributed by atoms with Crippen molar-refractivity contribution in [2.45, 2.75) is 0 Å². The highest BCUT2D eigenvalue weighted by Gasteiger charge is 1.72. The van der Waals surface area contributed by atoms with Gasteiger partial charge in [0.1, 0.15) is 0 Å². The van der Waals surface area contributed by atoms with Gasteiger partial charge in [0.05, 0.1) is 0 Å². The molecule has 0 radical (unpaired) electrons. The molecule has 7 heavy (non-hydrogen) atoms. The molecule has 0 saturated heterocycles. The van der Waals surface area contributed by atoms with Crippen LogP contribution in [0.3, 0.4) is 0 Å². The Morgan fingerprint density at radius 3 is 2.43 bits per heavy atom. The van der Waals surface area contributed by atoms with Gasteiger partial charge in [-0.25, -0.2) is 0 Å². The predicted octanol–water partition coefficient (Wildman–Crippen LogP) is -0.323. The van der Waals surface area contributed by atoms with Gasteiger partial charge in [-0.1, -0.05) is 35.5 Å². The minimum absolute atomic E-state index is 0.659.